The Kier molecular flexibility index (Phi) is 6.45. The SMILES string of the molecule is CC(=O)c1ccc(OCC(=O)NC(c2ccccc2)c2ccc(Cl)cc2)cc1. The average Bonchev–Trinajstić information content (AvgIpc) is 2.72. The molecule has 0 spiro atoms. The first kappa shape index (κ1) is 19.6. The zero-order valence-electron chi connectivity index (χ0n) is 15.4. The lowest BCUT2D eigenvalue weighted by Crippen LogP contribution is -2.33. The Morgan fingerprint density at radius 3 is 2.11 bits per heavy atom. The number of hydrogen-bond donors (Lipinski definition) is 1. The van der Waals surface area contributed by atoms with Crippen LogP contribution in [-0.4, -0.2) is 18.3 Å². The molecule has 0 aliphatic heterocycles. The van der Waals surface area contributed by atoms with E-state index >= 15 is 0 Å². The Labute approximate surface area is 169 Å². The van der Waals surface area contributed by atoms with Crippen LogP contribution in [0.1, 0.15) is 34.5 Å². The molecule has 4 nitrogen and oxygen atoms in total. The van der Waals surface area contributed by atoms with E-state index in [9.17, 15) is 9.59 Å². The molecule has 3 aromatic carbocycles. The summed E-state index contributed by atoms with van der Waals surface area (Å²) in [4.78, 5) is 23.8. The zero-order chi connectivity index (χ0) is 19.9. The van der Waals surface area contributed by atoms with Crippen LogP contribution in [0, 0.1) is 0 Å². The molecule has 0 aliphatic carbocycles. The van der Waals surface area contributed by atoms with Gasteiger partial charge in [-0.25, -0.2) is 0 Å². The minimum atomic E-state index is -0.311. The maximum absolute atomic E-state index is 12.5. The largest absolute Gasteiger partial charge is 0.484 e. The smallest absolute Gasteiger partial charge is 0.258 e. The van der Waals surface area contributed by atoms with Gasteiger partial charge in [-0.3, -0.25) is 9.59 Å². The molecule has 0 saturated heterocycles. The van der Waals surface area contributed by atoms with Crippen molar-refractivity contribution in [1.29, 1.82) is 0 Å². The molecule has 28 heavy (non-hydrogen) atoms. The highest BCUT2D eigenvalue weighted by Gasteiger charge is 2.17. The first-order valence-corrected chi connectivity index (χ1v) is 9.24. The number of carbonyl (C=O) groups is 2. The van der Waals surface area contributed by atoms with Gasteiger partial charge < -0.3 is 10.1 Å². The molecular formula is C23H20ClNO3. The van der Waals surface area contributed by atoms with E-state index in [2.05, 4.69) is 5.32 Å². The second-order valence-corrected chi connectivity index (χ2v) is 6.77. The average molecular weight is 394 g/mol. The van der Waals surface area contributed by atoms with Crippen molar-refractivity contribution in [2.75, 3.05) is 6.61 Å². The molecule has 0 aromatic heterocycles. The van der Waals surface area contributed by atoms with E-state index in [4.69, 9.17) is 16.3 Å². The van der Waals surface area contributed by atoms with Crippen LogP contribution in [0.25, 0.3) is 0 Å². The molecule has 0 bridgehead atoms. The molecule has 1 amide bonds. The Hall–Kier alpha value is -3.11. The Morgan fingerprint density at radius 2 is 1.50 bits per heavy atom. The minimum absolute atomic E-state index is 0.0158. The van der Waals surface area contributed by atoms with Crippen LogP contribution in [0.3, 0.4) is 0 Å². The number of benzene rings is 3. The fourth-order valence-corrected chi connectivity index (χ4v) is 2.92. The Balaban J connectivity index is 1.69. The predicted molar refractivity (Wildman–Crippen MR) is 110 cm³/mol. The van der Waals surface area contributed by atoms with Gasteiger partial charge in [-0.1, -0.05) is 54.1 Å². The number of carbonyl (C=O) groups excluding carboxylic acids is 2. The lowest BCUT2D eigenvalue weighted by atomic mass is 9.99. The molecule has 0 fully saturated rings. The van der Waals surface area contributed by atoms with Crippen LogP contribution < -0.4 is 10.1 Å². The van der Waals surface area contributed by atoms with Crippen molar-refractivity contribution in [3.8, 4) is 5.75 Å². The van der Waals surface area contributed by atoms with E-state index in [1.54, 1.807) is 36.4 Å². The molecule has 5 heteroatoms. The van der Waals surface area contributed by atoms with E-state index in [0.717, 1.165) is 11.1 Å². The van der Waals surface area contributed by atoms with E-state index in [0.29, 0.717) is 16.3 Å². The van der Waals surface area contributed by atoms with Gasteiger partial charge in [0.2, 0.25) is 0 Å². The van der Waals surface area contributed by atoms with Gasteiger partial charge >= 0.3 is 0 Å². The van der Waals surface area contributed by atoms with Crippen molar-refractivity contribution < 1.29 is 14.3 Å². The summed E-state index contributed by atoms with van der Waals surface area (Å²) in [7, 11) is 0. The summed E-state index contributed by atoms with van der Waals surface area (Å²) in [6.45, 7) is 1.38. The fraction of sp³-hybridized carbons (Fsp3) is 0.130. The lowest BCUT2D eigenvalue weighted by molar-refractivity contribution is -0.123. The molecule has 1 N–H and O–H groups in total. The monoisotopic (exact) mass is 393 g/mol. The van der Waals surface area contributed by atoms with Crippen LogP contribution in [-0.2, 0) is 4.79 Å². The van der Waals surface area contributed by atoms with Crippen molar-refractivity contribution in [3.05, 3.63) is 101 Å². The predicted octanol–water partition coefficient (Wildman–Crippen LogP) is 4.83. The van der Waals surface area contributed by atoms with Gasteiger partial charge in [-0.05, 0) is 54.4 Å². The first-order valence-electron chi connectivity index (χ1n) is 8.86. The topological polar surface area (TPSA) is 55.4 Å². The molecule has 3 rings (SSSR count). The number of ketones is 1. The number of rotatable bonds is 7. The standard InChI is InChI=1S/C23H20ClNO3/c1-16(26)17-9-13-21(14-10-17)28-15-22(27)25-23(18-5-3-2-4-6-18)19-7-11-20(24)12-8-19/h2-14,23H,15H2,1H3,(H,25,27). The molecule has 142 valence electrons. The third-order valence-corrected chi connectivity index (χ3v) is 4.52. The van der Waals surface area contributed by atoms with Crippen LogP contribution in [0.15, 0.2) is 78.9 Å². The third kappa shape index (κ3) is 5.21. The zero-order valence-corrected chi connectivity index (χ0v) is 16.1. The van der Waals surface area contributed by atoms with E-state index in [1.807, 2.05) is 42.5 Å². The second kappa shape index (κ2) is 9.20. The number of hydrogen-bond acceptors (Lipinski definition) is 3. The Morgan fingerprint density at radius 1 is 0.893 bits per heavy atom. The summed E-state index contributed by atoms with van der Waals surface area (Å²) < 4.78 is 5.55. The highest BCUT2D eigenvalue weighted by molar-refractivity contribution is 6.30. The van der Waals surface area contributed by atoms with Crippen LogP contribution in [0.5, 0.6) is 5.75 Å². The Bertz CT molecular complexity index is 938. The maximum atomic E-state index is 12.5. The minimum Gasteiger partial charge on any atom is -0.484 e. The fourth-order valence-electron chi connectivity index (χ4n) is 2.80. The van der Waals surface area contributed by atoms with Gasteiger partial charge in [-0.15, -0.1) is 0 Å². The summed E-state index contributed by atoms with van der Waals surface area (Å²) in [5.74, 6) is 0.264. The second-order valence-electron chi connectivity index (χ2n) is 6.33. The normalized spacial score (nSPS) is 11.5. The van der Waals surface area contributed by atoms with Gasteiger partial charge in [0.1, 0.15) is 5.75 Å². The summed E-state index contributed by atoms with van der Waals surface area (Å²) in [6.07, 6.45) is 0. The van der Waals surface area contributed by atoms with Gasteiger partial charge in [-0.2, -0.15) is 0 Å². The molecule has 0 radical (unpaired) electrons. The van der Waals surface area contributed by atoms with E-state index < -0.39 is 0 Å². The maximum Gasteiger partial charge on any atom is 0.258 e. The van der Waals surface area contributed by atoms with Crippen molar-refractivity contribution in [2.45, 2.75) is 13.0 Å². The molecule has 0 saturated carbocycles. The number of nitrogens with one attached hydrogen (secondary N) is 1. The molecule has 1 atom stereocenters. The summed E-state index contributed by atoms with van der Waals surface area (Å²) in [6, 6.07) is 23.5. The highest BCUT2D eigenvalue weighted by atomic mass is 35.5. The number of halogens is 1. The summed E-state index contributed by atoms with van der Waals surface area (Å²) in [5.41, 5.74) is 2.49. The summed E-state index contributed by atoms with van der Waals surface area (Å²) in [5, 5.41) is 3.65. The molecule has 0 heterocycles. The van der Waals surface area contributed by atoms with Gasteiger partial charge in [0, 0.05) is 10.6 Å². The van der Waals surface area contributed by atoms with Crippen molar-refractivity contribution in [2.24, 2.45) is 0 Å². The first-order chi connectivity index (χ1) is 13.5. The van der Waals surface area contributed by atoms with Crippen LogP contribution in [0.2, 0.25) is 5.02 Å². The van der Waals surface area contributed by atoms with Crippen LogP contribution in [0.4, 0.5) is 0 Å². The molecule has 1 unspecified atom stereocenters. The molecule has 3 aromatic rings. The number of ether oxygens (including phenoxy) is 1. The third-order valence-electron chi connectivity index (χ3n) is 4.27. The molecular weight excluding hydrogens is 374 g/mol. The lowest BCUT2D eigenvalue weighted by Gasteiger charge is -2.20. The van der Waals surface area contributed by atoms with Gasteiger partial charge in [0.05, 0.1) is 6.04 Å². The quantitative estimate of drug-likeness (QED) is 0.585. The van der Waals surface area contributed by atoms with Crippen LogP contribution >= 0.6 is 11.6 Å². The van der Waals surface area contributed by atoms with Crippen molar-refractivity contribution in [3.63, 3.8) is 0 Å². The van der Waals surface area contributed by atoms with E-state index in [-0.39, 0.29) is 24.3 Å². The van der Waals surface area contributed by atoms with Crippen molar-refractivity contribution >= 4 is 23.3 Å². The molecule has 0 aliphatic rings. The van der Waals surface area contributed by atoms with Gasteiger partial charge in [0.25, 0.3) is 5.91 Å². The van der Waals surface area contributed by atoms with E-state index in [1.165, 1.54) is 6.92 Å². The van der Waals surface area contributed by atoms with Crippen molar-refractivity contribution in [1.82, 2.24) is 5.32 Å². The number of amides is 1. The highest BCUT2D eigenvalue weighted by Crippen LogP contribution is 2.23. The number of Topliss-reactive ketones (excluding diaryl/α,β-unsaturated/α-hetero) is 1. The van der Waals surface area contributed by atoms with Gasteiger partial charge in [0.15, 0.2) is 12.4 Å². The summed E-state index contributed by atoms with van der Waals surface area (Å²) >= 11 is 5.99.